The molecule has 0 saturated carbocycles. The van der Waals surface area contributed by atoms with Gasteiger partial charge in [0.05, 0.1) is 22.1 Å². The van der Waals surface area contributed by atoms with Gasteiger partial charge in [-0.1, -0.05) is 41.4 Å². The molecule has 0 fully saturated rings. The number of halogens is 2. The summed E-state index contributed by atoms with van der Waals surface area (Å²) >= 11 is 12.2. The molecule has 1 aliphatic rings. The Balaban J connectivity index is 1.59. The second kappa shape index (κ2) is 10.6. The number of benzene rings is 3. The molecule has 0 bridgehead atoms. The van der Waals surface area contributed by atoms with E-state index < -0.39 is 10.9 Å². The Bertz CT molecular complexity index is 1370. The number of aliphatic imine (C=N–C) groups is 1. The zero-order valence-corrected chi connectivity index (χ0v) is 19.9. The highest BCUT2D eigenvalue weighted by Gasteiger charge is 2.27. The van der Waals surface area contributed by atoms with Crippen LogP contribution in [0.25, 0.3) is 6.08 Å². The van der Waals surface area contributed by atoms with Crippen molar-refractivity contribution in [1.82, 2.24) is 0 Å². The highest BCUT2D eigenvalue weighted by molar-refractivity contribution is 6.34. The molecule has 0 spiro atoms. The van der Waals surface area contributed by atoms with E-state index in [9.17, 15) is 14.9 Å². The fraction of sp³-hybridized carbons (Fsp3) is 0.120. The highest BCUT2D eigenvalue weighted by atomic mass is 35.5. The molecule has 1 aliphatic heterocycles. The number of hydrogen-bond acceptors (Lipinski definition) is 7. The van der Waals surface area contributed by atoms with Gasteiger partial charge >= 0.3 is 5.97 Å². The lowest BCUT2D eigenvalue weighted by atomic mass is 10.1. The van der Waals surface area contributed by atoms with Crippen LogP contribution in [-0.4, -0.2) is 23.4 Å². The summed E-state index contributed by atoms with van der Waals surface area (Å²) in [7, 11) is 0. The van der Waals surface area contributed by atoms with Crippen molar-refractivity contribution in [3.63, 3.8) is 0 Å². The van der Waals surface area contributed by atoms with E-state index in [-0.39, 0.29) is 27.9 Å². The number of nitrogens with zero attached hydrogens (tertiary/aromatic N) is 2. The first-order chi connectivity index (χ1) is 16.8. The van der Waals surface area contributed by atoms with Gasteiger partial charge in [0.2, 0.25) is 5.90 Å². The Morgan fingerprint density at radius 1 is 1.06 bits per heavy atom. The molecule has 0 aliphatic carbocycles. The second-order valence-electron chi connectivity index (χ2n) is 7.32. The van der Waals surface area contributed by atoms with Gasteiger partial charge in [-0.15, -0.1) is 0 Å². The molecule has 0 aromatic heterocycles. The van der Waals surface area contributed by atoms with E-state index in [0.29, 0.717) is 35.3 Å². The lowest BCUT2D eigenvalue weighted by Gasteiger charge is -2.13. The molecule has 0 amide bonds. The van der Waals surface area contributed by atoms with Crippen LogP contribution in [-0.2, 0) is 16.1 Å². The largest absolute Gasteiger partial charge is 0.490 e. The van der Waals surface area contributed by atoms with Gasteiger partial charge in [-0.05, 0) is 54.5 Å². The Kier molecular flexibility index (Phi) is 7.33. The molecular weight excluding hydrogens is 495 g/mol. The Morgan fingerprint density at radius 3 is 2.63 bits per heavy atom. The van der Waals surface area contributed by atoms with E-state index in [1.54, 1.807) is 24.3 Å². The maximum absolute atomic E-state index is 12.4. The smallest absolute Gasteiger partial charge is 0.363 e. The van der Waals surface area contributed by atoms with E-state index in [0.717, 1.165) is 5.56 Å². The van der Waals surface area contributed by atoms with Crippen molar-refractivity contribution in [3.05, 3.63) is 103 Å². The van der Waals surface area contributed by atoms with Crippen LogP contribution in [0.4, 0.5) is 5.69 Å². The summed E-state index contributed by atoms with van der Waals surface area (Å²) in [5, 5.41) is 11.9. The number of carbonyl (C=O) groups is 1. The average Bonchev–Trinajstić information content (AvgIpc) is 3.18. The molecule has 8 nitrogen and oxygen atoms in total. The first kappa shape index (κ1) is 24.3. The molecule has 0 atom stereocenters. The summed E-state index contributed by atoms with van der Waals surface area (Å²) < 4.78 is 16.8. The molecule has 10 heteroatoms. The van der Waals surface area contributed by atoms with E-state index in [1.807, 2.05) is 25.1 Å². The number of nitro benzene ring substituents is 1. The van der Waals surface area contributed by atoms with Gasteiger partial charge in [-0.25, -0.2) is 9.79 Å². The average molecular weight is 513 g/mol. The van der Waals surface area contributed by atoms with Gasteiger partial charge in [0.25, 0.3) is 5.69 Å². The van der Waals surface area contributed by atoms with Crippen molar-refractivity contribution < 1.29 is 23.9 Å². The fourth-order valence-corrected chi connectivity index (χ4v) is 3.67. The van der Waals surface area contributed by atoms with Gasteiger partial charge in [-0.2, -0.15) is 0 Å². The van der Waals surface area contributed by atoms with Gasteiger partial charge in [0, 0.05) is 17.2 Å². The van der Waals surface area contributed by atoms with Crippen molar-refractivity contribution >= 4 is 46.8 Å². The first-order valence-electron chi connectivity index (χ1n) is 10.4. The minimum absolute atomic E-state index is 0.0117. The lowest BCUT2D eigenvalue weighted by molar-refractivity contribution is -0.384. The molecule has 3 aromatic carbocycles. The van der Waals surface area contributed by atoms with Gasteiger partial charge in [-0.3, -0.25) is 10.1 Å². The molecular formula is C25H18Cl2N2O6. The SMILES string of the molecule is CCOc1cc(/C=C2\N=C(c3cc([N+](=O)[O-])ccc3Cl)OC2=O)ccc1OCc1cccc(Cl)c1. The number of ether oxygens (including phenoxy) is 3. The van der Waals surface area contributed by atoms with Crippen LogP contribution in [0, 0.1) is 10.1 Å². The van der Waals surface area contributed by atoms with Crippen LogP contribution in [0.15, 0.2) is 71.4 Å². The molecule has 3 aromatic rings. The van der Waals surface area contributed by atoms with Crippen LogP contribution in [0.5, 0.6) is 11.5 Å². The summed E-state index contributed by atoms with van der Waals surface area (Å²) in [4.78, 5) is 27.1. The molecule has 35 heavy (non-hydrogen) atoms. The van der Waals surface area contributed by atoms with Crippen LogP contribution in [0.1, 0.15) is 23.6 Å². The van der Waals surface area contributed by atoms with E-state index in [2.05, 4.69) is 4.99 Å². The third-order valence-corrected chi connectivity index (χ3v) is 5.43. The summed E-state index contributed by atoms with van der Waals surface area (Å²) in [5.74, 6) is 0.194. The van der Waals surface area contributed by atoms with E-state index >= 15 is 0 Å². The molecule has 0 saturated heterocycles. The van der Waals surface area contributed by atoms with Crippen LogP contribution < -0.4 is 9.47 Å². The quantitative estimate of drug-likeness (QED) is 0.153. The molecule has 0 radical (unpaired) electrons. The number of carbonyl (C=O) groups excluding carboxylic acids is 1. The van der Waals surface area contributed by atoms with E-state index in [4.69, 9.17) is 37.4 Å². The molecule has 4 rings (SSSR count). The van der Waals surface area contributed by atoms with Crippen molar-refractivity contribution in [2.75, 3.05) is 6.61 Å². The van der Waals surface area contributed by atoms with Crippen molar-refractivity contribution in [3.8, 4) is 11.5 Å². The summed E-state index contributed by atoms with van der Waals surface area (Å²) in [6, 6.07) is 16.3. The Hall–Kier alpha value is -3.88. The molecule has 0 unspecified atom stereocenters. The monoisotopic (exact) mass is 512 g/mol. The Labute approximate surface area is 210 Å². The second-order valence-corrected chi connectivity index (χ2v) is 8.16. The van der Waals surface area contributed by atoms with Crippen LogP contribution in [0.2, 0.25) is 10.0 Å². The van der Waals surface area contributed by atoms with Gasteiger partial charge in [0.15, 0.2) is 17.2 Å². The zero-order chi connectivity index (χ0) is 24.9. The molecule has 0 N–H and O–H groups in total. The maximum Gasteiger partial charge on any atom is 0.363 e. The first-order valence-corrected chi connectivity index (χ1v) is 11.2. The van der Waals surface area contributed by atoms with Crippen molar-refractivity contribution in [1.29, 1.82) is 0 Å². The maximum atomic E-state index is 12.4. The normalized spacial score (nSPS) is 14.0. The van der Waals surface area contributed by atoms with E-state index in [1.165, 1.54) is 24.3 Å². The topological polar surface area (TPSA) is 100 Å². The number of rotatable bonds is 8. The number of esters is 1. The number of non-ortho nitro benzene ring substituents is 1. The lowest BCUT2D eigenvalue weighted by Crippen LogP contribution is -2.06. The number of nitro groups is 1. The number of cyclic esters (lactones) is 1. The Morgan fingerprint density at radius 2 is 1.89 bits per heavy atom. The third kappa shape index (κ3) is 5.79. The van der Waals surface area contributed by atoms with Crippen molar-refractivity contribution in [2.45, 2.75) is 13.5 Å². The minimum Gasteiger partial charge on any atom is -0.490 e. The minimum atomic E-state index is -0.707. The fourth-order valence-electron chi connectivity index (χ4n) is 3.26. The molecule has 1 heterocycles. The van der Waals surface area contributed by atoms with Crippen LogP contribution in [0.3, 0.4) is 0 Å². The van der Waals surface area contributed by atoms with Gasteiger partial charge < -0.3 is 14.2 Å². The predicted molar refractivity (Wildman–Crippen MR) is 132 cm³/mol. The molecule has 178 valence electrons. The van der Waals surface area contributed by atoms with Crippen LogP contribution >= 0.6 is 23.2 Å². The summed E-state index contributed by atoms with van der Waals surface area (Å²) in [5.41, 5.74) is 1.48. The number of hydrogen-bond donors (Lipinski definition) is 0. The summed E-state index contributed by atoms with van der Waals surface area (Å²) in [6.07, 6.45) is 1.52. The van der Waals surface area contributed by atoms with Gasteiger partial charge in [0.1, 0.15) is 6.61 Å². The highest BCUT2D eigenvalue weighted by Crippen LogP contribution is 2.32. The third-order valence-electron chi connectivity index (χ3n) is 4.87. The zero-order valence-electron chi connectivity index (χ0n) is 18.4. The standard InChI is InChI=1S/C25H18Cl2N2O6/c1-2-33-23-12-15(6-9-22(23)34-14-16-4-3-5-17(26)10-16)11-21-25(30)35-24(28-21)19-13-18(29(31)32)7-8-20(19)27/h3-13H,2,14H2,1H3/b21-11-. The van der Waals surface area contributed by atoms with Crippen molar-refractivity contribution in [2.24, 2.45) is 4.99 Å². The summed E-state index contributed by atoms with van der Waals surface area (Å²) in [6.45, 7) is 2.55. The predicted octanol–water partition coefficient (Wildman–Crippen LogP) is 6.22.